The molecule has 0 bridgehead atoms. The van der Waals surface area contributed by atoms with Crippen LogP contribution in [0.2, 0.25) is 0 Å². The zero-order valence-corrected chi connectivity index (χ0v) is 10.1. The number of hydrogen-bond acceptors (Lipinski definition) is 3. The summed E-state index contributed by atoms with van der Waals surface area (Å²) in [7, 11) is 0. The average Bonchev–Trinajstić information content (AvgIpc) is 2.32. The van der Waals surface area contributed by atoms with Crippen molar-refractivity contribution in [1.29, 1.82) is 0 Å². The largest absolute Gasteiger partial charge is 0.481 e. The van der Waals surface area contributed by atoms with Crippen LogP contribution in [-0.4, -0.2) is 42.9 Å². The van der Waals surface area contributed by atoms with E-state index in [2.05, 4.69) is 0 Å². The molecule has 0 atom stereocenters. The van der Waals surface area contributed by atoms with Crippen LogP contribution >= 0.6 is 11.6 Å². The molecule has 0 aliphatic carbocycles. The Morgan fingerprint density at radius 2 is 1.44 bits per heavy atom. The normalized spacial score (nSPS) is 23.3. The molecule has 2 aliphatic heterocycles. The van der Waals surface area contributed by atoms with Gasteiger partial charge in [-0.1, -0.05) is 0 Å². The molecule has 1 N–H and O–H groups in total. The van der Waals surface area contributed by atoms with E-state index >= 15 is 0 Å². The molecular weight excluding hydrogens is 232 g/mol. The summed E-state index contributed by atoms with van der Waals surface area (Å²) in [6.45, 7) is 2.93. The van der Waals surface area contributed by atoms with Crippen molar-refractivity contribution in [2.45, 2.75) is 31.1 Å². The molecule has 4 nitrogen and oxygen atoms in total. The SMILES string of the molecule is ClC1CCOCC1.O=C(O)C1CCOCC1. The van der Waals surface area contributed by atoms with Crippen LogP contribution in [0.1, 0.15) is 25.7 Å². The van der Waals surface area contributed by atoms with Crippen LogP contribution in [-0.2, 0) is 14.3 Å². The van der Waals surface area contributed by atoms with Gasteiger partial charge in [0.15, 0.2) is 0 Å². The van der Waals surface area contributed by atoms with Gasteiger partial charge in [0.1, 0.15) is 0 Å². The number of hydrogen-bond donors (Lipinski definition) is 1. The summed E-state index contributed by atoms with van der Waals surface area (Å²) in [6, 6.07) is 0. The third-order valence-corrected chi connectivity index (χ3v) is 3.16. The zero-order valence-electron chi connectivity index (χ0n) is 9.36. The van der Waals surface area contributed by atoms with Crippen LogP contribution in [0.15, 0.2) is 0 Å². The fourth-order valence-corrected chi connectivity index (χ4v) is 1.79. The Labute approximate surface area is 101 Å². The van der Waals surface area contributed by atoms with E-state index < -0.39 is 5.97 Å². The second-order valence-electron chi connectivity index (χ2n) is 4.01. The third-order valence-electron chi connectivity index (χ3n) is 2.72. The summed E-state index contributed by atoms with van der Waals surface area (Å²) in [5.41, 5.74) is 0. The number of halogens is 1. The summed E-state index contributed by atoms with van der Waals surface area (Å²) in [5.74, 6) is -0.836. The Balaban J connectivity index is 0.000000165. The molecule has 0 aromatic rings. The van der Waals surface area contributed by atoms with Crippen LogP contribution in [0, 0.1) is 5.92 Å². The van der Waals surface area contributed by atoms with Crippen molar-refractivity contribution in [3.05, 3.63) is 0 Å². The fraction of sp³-hybridized carbons (Fsp3) is 0.909. The van der Waals surface area contributed by atoms with Gasteiger partial charge in [-0.3, -0.25) is 4.79 Å². The summed E-state index contributed by atoms with van der Waals surface area (Å²) in [4.78, 5) is 10.3. The first-order valence-electron chi connectivity index (χ1n) is 5.72. The molecule has 0 amide bonds. The number of rotatable bonds is 1. The first-order chi connectivity index (χ1) is 7.70. The van der Waals surface area contributed by atoms with E-state index in [1.54, 1.807) is 0 Å². The second kappa shape index (κ2) is 7.87. The van der Waals surface area contributed by atoms with Crippen LogP contribution in [0.25, 0.3) is 0 Å². The van der Waals surface area contributed by atoms with Gasteiger partial charge in [-0.15, -0.1) is 11.6 Å². The molecule has 0 aromatic carbocycles. The molecule has 5 heteroatoms. The quantitative estimate of drug-likeness (QED) is 0.723. The van der Waals surface area contributed by atoms with Crippen molar-refractivity contribution >= 4 is 17.6 Å². The smallest absolute Gasteiger partial charge is 0.306 e. The van der Waals surface area contributed by atoms with Crippen LogP contribution in [0.4, 0.5) is 0 Å². The highest BCUT2D eigenvalue weighted by atomic mass is 35.5. The van der Waals surface area contributed by atoms with Gasteiger partial charge in [-0.25, -0.2) is 0 Å². The van der Waals surface area contributed by atoms with Gasteiger partial charge in [0.05, 0.1) is 5.92 Å². The monoisotopic (exact) mass is 250 g/mol. The maximum absolute atomic E-state index is 10.3. The van der Waals surface area contributed by atoms with Crippen molar-refractivity contribution < 1.29 is 19.4 Å². The highest BCUT2D eigenvalue weighted by molar-refractivity contribution is 6.20. The highest BCUT2D eigenvalue weighted by Gasteiger charge is 2.19. The lowest BCUT2D eigenvalue weighted by molar-refractivity contribution is -0.144. The van der Waals surface area contributed by atoms with E-state index in [1.165, 1.54) is 0 Å². The van der Waals surface area contributed by atoms with Crippen LogP contribution < -0.4 is 0 Å². The minimum atomic E-state index is -0.682. The number of carbonyl (C=O) groups is 1. The van der Waals surface area contributed by atoms with Gasteiger partial charge in [-0.05, 0) is 25.7 Å². The van der Waals surface area contributed by atoms with Gasteiger partial charge in [0, 0.05) is 31.8 Å². The Hall–Kier alpha value is -0.320. The van der Waals surface area contributed by atoms with E-state index in [0.29, 0.717) is 31.4 Å². The topological polar surface area (TPSA) is 55.8 Å². The summed E-state index contributed by atoms with van der Waals surface area (Å²) in [5, 5.41) is 8.87. The fourth-order valence-electron chi connectivity index (χ4n) is 1.61. The molecule has 2 saturated heterocycles. The van der Waals surface area contributed by atoms with E-state index in [-0.39, 0.29) is 5.92 Å². The number of carboxylic acid groups (broad SMARTS) is 1. The van der Waals surface area contributed by atoms with Gasteiger partial charge >= 0.3 is 5.97 Å². The lowest BCUT2D eigenvalue weighted by Gasteiger charge is -2.17. The maximum Gasteiger partial charge on any atom is 0.306 e. The minimum Gasteiger partial charge on any atom is -0.481 e. The Bertz CT molecular complexity index is 198. The van der Waals surface area contributed by atoms with Gasteiger partial charge in [0.25, 0.3) is 0 Å². The predicted octanol–water partition coefficient (Wildman–Crippen LogP) is 1.90. The van der Waals surface area contributed by atoms with Crippen molar-refractivity contribution in [3.8, 4) is 0 Å². The van der Waals surface area contributed by atoms with Gasteiger partial charge in [-0.2, -0.15) is 0 Å². The Morgan fingerprint density at radius 1 is 1.00 bits per heavy atom. The van der Waals surface area contributed by atoms with Gasteiger partial charge < -0.3 is 14.6 Å². The number of alkyl halides is 1. The van der Waals surface area contributed by atoms with Crippen LogP contribution in [0.3, 0.4) is 0 Å². The Morgan fingerprint density at radius 3 is 1.69 bits per heavy atom. The molecular formula is C11H19ClO4. The molecule has 16 heavy (non-hydrogen) atoms. The van der Waals surface area contributed by atoms with E-state index in [0.717, 1.165) is 26.1 Å². The van der Waals surface area contributed by atoms with Gasteiger partial charge in [0.2, 0.25) is 0 Å². The summed E-state index contributed by atoms with van der Waals surface area (Å²) < 4.78 is 10.0. The lowest BCUT2D eigenvalue weighted by atomic mass is 10.0. The minimum absolute atomic E-state index is 0.154. The third kappa shape index (κ3) is 5.68. The second-order valence-corrected chi connectivity index (χ2v) is 4.63. The standard InChI is InChI=1S/C6H10O3.C5H9ClO/c7-6(8)5-1-3-9-4-2-5;6-5-1-3-7-4-2-5/h5H,1-4H2,(H,7,8);5H,1-4H2. The number of aliphatic carboxylic acids is 1. The summed E-state index contributed by atoms with van der Waals surface area (Å²) >= 11 is 5.74. The van der Waals surface area contributed by atoms with Crippen molar-refractivity contribution in [1.82, 2.24) is 0 Å². The predicted molar refractivity (Wildman–Crippen MR) is 60.9 cm³/mol. The molecule has 0 radical (unpaired) electrons. The molecule has 2 rings (SSSR count). The summed E-state index contributed by atoms with van der Waals surface area (Å²) in [6.07, 6.45) is 3.41. The molecule has 2 heterocycles. The Kier molecular flexibility index (Phi) is 6.76. The number of carboxylic acids is 1. The molecule has 0 saturated carbocycles. The van der Waals surface area contributed by atoms with E-state index in [1.807, 2.05) is 0 Å². The van der Waals surface area contributed by atoms with Crippen LogP contribution in [0.5, 0.6) is 0 Å². The molecule has 2 fully saturated rings. The average molecular weight is 251 g/mol. The van der Waals surface area contributed by atoms with E-state index in [9.17, 15) is 4.79 Å². The van der Waals surface area contributed by atoms with E-state index in [4.69, 9.17) is 26.2 Å². The van der Waals surface area contributed by atoms with Crippen molar-refractivity contribution in [2.75, 3.05) is 26.4 Å². The number of ether oxygens (including phenoxy) is 2. The first kappa shape index (κ1) is 13.7. The van der Waals surface area contributed by atoms with Crippen molar-refractivity contribution in [3.63, 3.8) is 0 Å². The maximum atomic E-state index is 10.3. The molecule has 94 valence electrons. The molecule has 0 spiro atoms. The first-order valence-corrected chi connectivity index (χ1v) is 6.16. The van der Waals surface area contributed by atoms with Crippen molar-refractivity contribution in [2.24, 2.45) is 5.92 Å². The lowest BCUT2D eigenvalue weighted by Crippen LogP contribution is -2.22. The molecule has 0 unspecified atom stereocenters. The molecule has 2 aliphatic rings. The highest BCUT2D eigenvalue weighted by Crippen LogP contribution is 2.13. The zero-order chi connectivity index (χ0) is 11.8. The molecule has 0 aromatic heterocycles.